The summed E-state index contributed by atoms with van der Waals surface area (Å²) in [5.41, 5.74) is 2.45. The van der Waals surface area contributed by atoms with Crippen molar-refractivity contribution >= 4 is 27.5 Å². The summed E-state index contributed by atoms with van der Waals surface area (Å²) in [6.07, 6.45) is 1.31. The molecule has 0 amide bonds. The van der Waals surface area contributed by atoms with Gasteiger partial charge in [0.05, 0.1) is 26.6 Å². The summed E-state index contributed by atoms with van der Waals surface area (Å²) in [5, 5.41) is 15.0. The second-order valence-corrected chi connectivity index (χ2v) is 5.32. The molecule has 0 aromatic carbocycles. The summed E-state index contributed by atoms with van der Waals surface area (Å²) in [7, 11) is 1.86. The van der Waals surface area contributed by atoms with Crippen LogP contribution in [0, 0.1) is 6.92 Å². The first-order chi connectivity index (χ1) is 8.49. The molecule has 1 N–H and O–H groups in total. The molecule has 0 aliphatic rings. The van der Waals surface area contributed by atoms with Crippen molar-refractivity contribution in [3.05, 3.63) is 44.9 Å². The number of aromatic nitrogens is 3. The van der Waals surface area contributed by atoms with Gasteiger partial charge in [-0.3, -0.25) is 9.67 Å². The largest absolute Gasteiger partial charge is 0.386 e. The van der Waals surface area contributed by atoms with Gasteiger partial charge < -0.3 is 5.11 Å². The van der Waals surface area contributed by atoms with Crippen molar-refractivity contribution < 1.29 is 5.11 Å². The highest BCUT2D eigenvalue weighted by molar-refractivity contribution is 9.10. The molecular formula is C12H13BrClN3O. The number of rotatable bonds is 3. The zero-order valence-electron chi connectivity index (χ0n) is 10.1. The Morgan fingerprint density at radius 1 is 1.50 bits per heavy atom. The highest BCUT2D eigenvalue weighted by Crippen LogP contribution is 2.25. The maximum atomic E-state index is 10.2. The molecule has 4 nitrogen and oxygen atoms in total. The van der Waals surface area contributed by atoms with E-state index in [1.54, 1.807) is 16.8 Å². The van der Waals surface area contributed by atoms with Crippen LogP contribution in [0.3, 0.4) is 0 Å². The van der Waals surface area contributed by atoms with Crippen LogP contribution in [0.1, 0.15) is 23.2 Å². The van der Waals surface area contributed by atoms with E-state index in [-0.39, 0.29) is 0 Å². The van der Waals surface area contributed by atoms with Crippen molar-refractivity contribution in [1.29, 1.82) is 0 Å². The maximum Gasteiger partial charge on any atom is 0.101 e. The van der Waals surface area contributed by atoms with Gasteiger partial charge in [-0.15, -0.1) is 0 Å². The number of aryl methyl sites for hydroxylation is 2. The van der Waals surface area contributed by atoms with Crippen molar-refractivity contribution in [1.82, 2.24) is 14.8 Å². The third-order valence-electron chi connectivity index (χ3n) is 2.74. The Labute approximate surface area is 119 Å². The summed E-state index contributed by atoms with van der Waals surface area (Å²) < 4.78 is 2.69. The van der Waals surface area contributed by atoms with Gasteiger partial charge in [0.1, 0.15) is 6.10 Å². The number of aliphatic hydroxyl groups is 1. The van der Waals surface area contributed by atoms with Crippen LogP contribution in [-0.4, -0.2) is 19.9 Å². The number of halogens is 2. The molecule has 0 bridgehead atoms. The van der Waals surface area contributed by atoms with Crippen molar-refractivity contribution in [3.63, 3.8) is 0 Å². The molecule has 0 radical (unpaired) electrons. The van der Waals surface area contributed by atoms with E-state index >= 15 is 0 Å². The van der Waals surface area contributed by atoms with E-state index in [2.05, 4.69) is 26.0 Å². The molecule has 1 unspecified atom stereocenters. The summed E-state index contributed by atoms with van der Waals surface area (Å²) in [4.78, 5) is 4.11. The number of pyridine rings is 1. The molecule has 0 aliphatic heterocycles. The lowest BCUT2D eigenvalue weighted by Crippen LogP contribution is -2.08. The Kier molecular flexibility index (Phi) is 4.04. The fraction of sp³-hybridized carbons (Fsp3) is 0.333. The van der Waals surface area contributed by atoms with Gasteiger partial charge in [-0.25, -0.2) is 0 Å². The SMILES string of the molecule is Cc1nn(C)c(CC(O)c2ccc(Cl)cn2)c1Br. The lowest BCUT2D eigenvalue weighted by atomic mass is 10.1. The van der Waals surface area contributed by atoms with Crippen molar-refractivity contribution in [3.8, 4) is 0 Å². The number of hydrogen-bond acceptors (Lipinski definition) is 3. The zero-order valence-corrected chi connectivity index (χ0v) is 12.4. The van der Waals surface area contributed by atoms with Crippen molar-refractivity contribution in [2.24, 2.45) is 7.05 Å². The Bertz CT molecular complexity index is 553. The van der Waals surface area contributed by atoms with E-state index in [0.29, 0.717) is 17.1 Å². The third kappa shape index (κ3) is 2.74. The highest BCUT2D eigenvalue weighted by Gasteiger charge is 2.17. The summed E-state index contributed by atoms with van der Waals surface area (Å²) in [6.45, 7) is 1.92. The fourth-order valence-corrected chi connectivity index (χ4v) is 2.38. The first kappa shape index (κ1) is 13.5. The Balaban J connectivity index is 2.21. The Morgan fingerprint density at radius 3 is 2.72 bits per heavy atom. The monoisotopic (exact) mass is 329 g/mol. The first-order valence-electron chi connectivity index (χ1n) is 5.46. The molecule has 2 heterocycles. The summed E-state index contributed by atoms with van der Waals surface area (Å²) >= 11 is 9.24. The van der Waals surface area contributed by atoms with Gasteiger partial charge in [-0.2, -0.15) is 5.10 Å². The minimum atomic E-state index is -0.673. The molecule has 0 aliphatic carbocycles. The minimum absolute atomic E-state index is 0.451. The quantitative estimate of drug-likeness (QED) is 0.941. The average molecular weight is 331 g/mol. The van der Waals surface area contributed by atoms with Crippen molar-refractivity contribution in [2.45, 2.75) is 19.4 Å². The molecule has 1 atom stereocenters. The minimum Gasteiger partial charge on any atom is -0.386 e. The summed E-state index contributed by atoms with van der Waals surface area (Å²) in [5.74, 6) is 0. The average Bonchev–Trinajstić information content (AvgIpc) is 2.57. The van der Waals surface area contributed by atoms with E-state index in [4.69, 9.17) is 11.6 Å². The lowest BCUT2D eigenvalue weighted by Gasteiger charge is -2.10. The van der Waals surface area contributed by atoms with Gasteiger partial charge in [0, 0.05) is 19.7 Å². The van der Waals surface area contributed by atoms with E-state index < -0.39 is 6.10 Å². The van der Waals surface area contributed by atoms with Gasteiger partial charge in [-0.1, -0.05) is 11.6 Å². The molecule has 2 aromatic heterocycles. The van der Waals surface area contributed by atoms with Crippen molar-refractivity contribution in [2.75, 3.05) is 0 Å². The van der Waals surface area contributed by atoms with Crippen LogP contribution in [0.15, 0.2) is 22.8 Å². The van der Waals surface area contributed by atoms with Gasteiger partial charge in [0.2, 0.25) is 0 Å². The maximum absolute atomic E-state index is 10.2. The fourth-order valence-electron chi connectivity index (χ4n) is 1.77. The lowest BCUT2D eigenvalue weighted by molar-refractivity contribution is 0.171. The number of aliphatic hydroxyl groups excluding tert-OH is 1. The molecule has 0 fully saturated rings. The van der Waals surface area contributed by atoms with Gasteiger partial charge in [0.25, 0.3) is 0 Å². The number of hydrogen-bond donors (Lipinski definition) is 1. The van der Waals surface area contributed by atoms with Gasteiger partial charge in [0.15, 0.2) is 0 Å². The molecule has 6 heteroatoms. The standard InChI is InChI=1S/C12H13BrClN3O/c1-7-12(13)10(17(2)16-7)5-11(18)9-4-3-8(14)6-15-9/h3-4,6,11,18H,5H2,1-2H3. The van der Waals surface area contributed by atoms with E-state index in [9.17, 15) is 5.11 Å². The Morgan fingerprint density at radius 2 is 2.22 bits per heavy atom. The van der Waals surface area contributed by atoms with E-state index in [1.807, 2.05) is 14.0 Å². The smallest absolute Gasteiger partial charge is 0.101 e. The normalized spacial score (nSPS) is 12.7. The molecule has 0 saturated heterocycles. The second-order valence-electron chi connectivity index (χ2n) is 4.09. The molecule has 0 saturated carbocycles. The van der Waals surface area contributed by atoms with Crippen LogP contribution in [0.2, 0.25) is 5.02 Å². The van der Waals surface area contributed by atoms with Crippen LogP contribution in [-0.2, 0) is 13.5 Å². The molecule has 2 aromatic rings. The van der Waals surface area contributed by atoms with Crippen LogP contribution >= 0.6 is 27.5 Å². The van der Waals surface area contributed by atoms with Gasteiger partial charge >= 0.3 is 0 Å². The zero-order chi connectivity index (χ0) is 13.3. The molecular weight excluding hydrogens is 318 g/mol. The number of nitrogens with zero attached hydrogens (tertiary/aromatic N) is 3. The van der Waals surface area contributed by atoms with E-state index in [1.165, 1.54) is 6.20 Å². The molecule has 2 rings (SSSR count). The topological polar surface area (TPSA) is 50.9 Å². The predicted molar refractivity (Wildman–Crippen MR) is 73.6 cm³/mol. The highest BCUT2D eigenvalue weighted by atomic mass is 79.9. The van der Waals surface area contributed by atoms with Crippen LogP contribution in [0.5, 0.6) is 0 Å². The molecule has 0 spiro atoms. The molecule has 18 heavy (non-hydrogen) atoms. The van der Waals surface area contributed by atoms with E-state index in [0.717, 1.165) is 15.9 Å². The molecule has 96 valence electrons. The second kappa shape index (κ2) is 5.38. The van der Waals surface area contributed by atoms with Crippen LogP contribution in [0.25, 0.3) is 0 Å². The van der Waals surface area contributed by atoms with Crippen LogP contribution < -0.4 is 0 Å². The van der Waals surface area contributed by atoms with Crippen LogP contribution in [0.4, 0.5) is 0 Å². The third-order valence-corrected chi connectivity index (χ3v) is 4.00. The van der Waals surface area contributed by atoms with Gasteiger partial charge in [-0.05, 0) is 35.0 Å². The summed E-state index contributed by atoms with van der Waals surface area (Å²) in [6, 6.07) is 3.45. The first-order valence-corrected chi connectivity index (χ1v) is 6.63. The predicted octanol–water partition coefficient (Wildman–Crippen LogP) is 2.82. The Hall–Kier alpha value is -0.910.